The highest BCUT2D eigenvalue weighted by molar-refractivity contribution is 6.32. The average molecular weight is 281 g/mol. The molecular formula is C12H13ClN4O2. The number of aromatic nitrogens is 3. The van der Waals surface area contributed by atoms with Gasteiger partial charge >= 0.3 is 0 Å². The minimum absolute atomic E-state index is 0.142. The summed E-state index contributed by atoms with van der Waals surface area (Å²) < 4.78 is 10.9. The van der Waals surface area contributed by atoms with Crippen molar-refractivity contribution in [2.75, 3.05) is 13.1 Å². The second-order valence-corrected chi connectivity index (χ2v) is 5.09. The molecule has 3 heterocycles. The topological polar surface area (TPSA) is 73.1 Å². The summed E-state index contributed by atoms with van der Waals surface area (Å²) in [5, 5.41) is 7.51. The van der Waals surface area contributed by atoms with Crippen molar-refractivity contribution in [1.29, 1.82) is 0 Å². The van der Waals surface area contributed by atoms with E-state index in [1.54, 1.807) is 18.3 Å². The van der Waals surface area contributed by atoms with Gasteiger partial charge in [-0.2, -0.15) is 4.98 Å². The van der Waals surface area contributed by atoms with Gasteiger partial charge in [0.25, 0.3) is 5.89 Å². The molecule has 0 spiro atoms. The van der Waals surface area contributed by atoms with Crippen LogP contribution in [0.5, 0.6) is 0 Å². The van der Waals surface area contributed by atoms with Crippen LogP contribution in [0.2, 0.25) is 5.02 Å². The van der Waals surface area contributed by atoms with Crippen LogP contribution in [0.25, 0.3) is 11.5 Å². The first-order valence-corrected chi connectivity index (χ1v) is 6.32. The summed E-state index contributed by atoms with van der Waals surface area (Å²) in [4.78, 5) is 8.36. The van der Waals surface area contributed by atoms with Gasteiger partial charge in [0.15, 0.2) is 0 Å². The highest BCUT2D eigenvalue weighted by atomic mass is 35.5. The van der Waals surface area contributed by atoms with Crippen molar-refractivity contribution in [2.24, 2.45) is 0 Å². The molecular weight excluding hydrogens is 268 g/mol. The Labute approximate surface area is 115 Å². The molecule has 1 saturated heterocycles. The van der Waals surface area contributed by atoms with E-state index in [1.165, 1.54) is 0 Å². The fraction of sp³-hybridized carbons (Fsp3) is 0.417. The molecule has 19 heavy (non-hydrogen) atoms. The molecule has 0 unspecified atom stereocenters. The fourth-order valence-electron chi connectivity index (χ4n) is 1.77. The zero-order chi connectivity index (χ0) is 13.3. The van der Waals surface area contributed by atoms with Crippen LogP contribution in [0.3, 0.4) is 0 Å². The Morgan fingerprint density at radius 3 is 3.05 bits per heavy atom. The Kier molecular flexibility index (Phi) is 3.22. The van der Waals surface area contributed by atoms with Crippen molar-refractivity contribution < 1.29 is 9.26 Å². The number of rotatable bonds is 4. The summed E-state index contributed by atoms with van der Waals surface area (Å²) in [6.07, 6.45) is 1.63. The van der Waals surface area contributed by atoms with E-state index in [1.807, 2.05) is 6.92 Å². The molecule has 0 aromatic carbocycles. The van der Waals surface area contributed by atoms with E-state index in [-0.39, 0.29) is 12.2 Å². The van der Waals surface area contributed by atoms with Gasteiger partial charge in [-0.05, 0) is 19.1 Å². The zero-order valence-corrected chi connectivity index (χ0v) is 11.1. The fourth-order valence-corrected chi connectivity index (χ4v) is 1.98. The average Bonchev–Trinajstić information content (AvgIpc) is 2.83. The summed E-state index contributed by atoms with van der Waals surface area (Å²) in [5.41, 5.74) is 0.368. The molecule has 1 aliphatic heterocycles. The highest BCUT2D eigenvalue weighted by Gasteiger charge is 2.33. The Bertz CT molecular complexity index is 583. The summed E-state index contributed by atoms with van der Waals surface area (Å²) >= 11 is 6.03. The lowest BCUT2D eigenvalue weighted by Crippen LogP contribution is -2.58. The highest BCUT2D eigenvalue weighted by Crippen LogP contribution is 2.23. The molecule has 0 radical (unpaired) electrons. The van der Waals surface area contributed by atoms with E-state index >= 15 is 0 Å². The molecule has 7 heteroatoms. The normalized spacial score (nSPS) is 17.2. The van der Waals surface area contributed by atoms with Crippen molar-refractivity contribution in [3.8, 4) is 11.5 Å². The summed E-state index contributed by atoms with van der Waals surface area (Å²) in [5.74, 6) is 0.797. The van der Waals surface area contributed by atoms with Gasteiger partial charge in [0.1, 0.15) is 12.3 Å². The van der Waals surface area contributed by atoms with Gasteiger partial charge in [-0.25, -0.2) is 0 Å². The number of halogens is 1. The van der Waals surface area contributed by atoms with Crippen molar-refractivity contribution in [1.82, 2.24) is 20.4 Å². The van der Waals surface area contributed by atoms with Crippen LogP contribution in [0.4, 0.5) is 0 Å². The van der Waals surface area contributed by atoms with E-state index < -0.39 is 0 Å². The Hall–Kier alpha value is -1.50. The molecule has 100 valence electrons. The molecule has 2 aromatic heterocycles. The molecule has 6 nitrogen and oxygen atoms in total. The molecule has 0 amide bonds. The smallest absolute Gasteiger partial charge is 0.253 e. The van der Waals surface area contributed by atoms with Crippen molar-refractivity contribution in [2.45, 2.75) is 19.1 Å². The van der Waals surface area contributed by atoms with E-state index in [9.17, 15) is 0 Å². The molecule has 0 atom stereocenters. The monoisotopic (exact) mass is 280 g/mol. The van der Waals surface area contributed by atoms with Crippen LogP contribution in [-0.4, -0.2) is 33.8 Å². The van der Waals surface area contributed by atoms with E-state index in [0.29, 0.717) is 22.4 Å². The van der Waals surface area contributed by atoms with Gasteiger partial charge < -0.3 is 14.6 Å². The maximum atomic E-state index is 6.03. The van der Waals surface area contributed by atoms with Crippen molar-refractivity contribution in [3.63, 3.8) is 0 Å². The number of nitrogens with zero attached hydrogens (tertiary/aromatic N) is 3. The zero-order valence-electron chi connectivity index (χ0n) is 10.4. The van der Waals surface area contributed by atoms with Crippen molar-refractivity contribution in [3.05, 3.63) is 29.2 Å². The Morgan fingerprint density at radius 1 is 1.53 bits per heavy atom. The summed E-state index contributed by atoms with van der Waals surface area (Å²) in [7, 11) is 0. The number of hydrogen-bond acceptors (Lipinski definition) is 6. The van der Waals surface area contributed by atoms with Gasteiger partial charge in [-0.3, -0.25) is 4.98 Å². The van der Waals surface area contributed by atoms with Crippen LogP contribution in [0.15, 0.2) is 22.9 Å². The van der Waals surface area contributed by atoms with Crippen LogP contribution in [-0.2, 0) is 11.3 Å². The predicted molar refractivity (Wildman–Crippen MR) is 68.6 cm³/mol. The van der Waals surface area contributed by atoms with Gasteiger partial charge in [-0.15, -0.1) is 0 Å². The van der Waals surface area contributed by atoms with Crippen LogP contribution < -0.4 is 5.32 Å². The molecule has 1 N–H and O–H groups in total. The quantitative estimate of drug-likeness (QED) is 0.918. The van der Waals surface area contributed by atoms with Crippen molar-refractivity contribution >= 4 is 11.6 Å². The third kappa shape index (κ3) is 2.60. The van der Waals surface area contributed by atoms with Gasteiger partial charge in [0, 0.05) is 19.3 Å². The molecule has 1 fully saturated rings. The van der Waals surface area contributed by atoms with Crippen LogP contribution >= 0.6 is 11.6 Å². The molecule has 2 aromatic rings. The Morgan fingerprint density at radius 2 is 2.37 bits per heavy atom. The summed E-state index contributed by atoms with van der Waals surface area (Å²) in [6.45, 7) is 3.99. The third-order valence-corrected chi connectivity index (χ3v) is 3.29. The molecule has 0 saturated carbocycles. The van der Waals surface area contributed by atoms with Gasteiger partial charge in [0.05, 0.1) is 10.6 Å². The second kappa shape index (κ2) is 4.88. The van der Waals surface area contributed by atoms with E-state index in [2.05, 4.69) is 20.4 Å². The van der Waals surface area contributed by atoms with E-state index in [0.717, 1.165) is 13.1 Å². The van der Waals surface area contributed by atoms with E-state index in [4.69, 9.17) is 20.9 Å². The first-order valence-electron chi connectivity index (χ1n) is 5.94. The minimum atomic E-state index is -0.142. The number of nitrogens with one attached hydrogen (secondary N) is 1. The SMILES string of the molecule is CC1(OCc2nc(-c3ncccc3Cl)no2)CNC1. The maximum Gasteiger partial charge on any atom is 0.253 e. The van der Waals surface area contributed by atoms with Gasteiger partial charge in [-0.1, -0.05) is 16.8 Å². The Balaban J connectivity index is 1.71. The number of ether oxygens (including phenoxy) is 1. The number of pyridine rings is 1. The molecule has 3 rings (SSSR count). The van der Waals surface area contributed by atoms with Crippen LogP contribution in [0.1, 0.15) is 12.8 Å². The molecule has 1 aliphatic rings. The molecule has 0 bridgehead atoms. The first kappa shape index (κ1) is 12.5. The predicted octanol–water partition coefficient (Wildman–Crippen LogP) is 1.66. The molecule has 0 aliphatic carbocycles. The second-order valence-electron chi connectivity index (χ2n) is 4.69. The standard InChI is InChI=1S/C12H13ClN4O2/c1-12(6-14-7-12)18-5-9-16-11(17-19-9)10-8(13)3-2-4-15-10/h2-4,14H,5-7H2,1H3. The van der Waals surface area contributed by atoms with Gasteiger partial charge in [0.2, 0.25) is 5.82 Å². The lowest BCUT2D eigenvalue weighted by atomic mass is 10.0. The number of hydrogen-bond donors (Lipinski definition) is 1. The largest absolute Gasteiger partial charge is 0.363 e. The first-order chi connectivity index (χ1) is 9.16. The lowest BCUT2D eigenvalue weighted by molar-refractivity contribution is -0.0841. The maximum absolute atomic E-state index is 6.03. The summed E-state index contributed by atoms with van der Waals surface area (Å²) in [6, 6.07) is 3.48. The minimum Gasteiger partial charge on any atom is -0.363 e. The van der Waals surface area contributed by atoms with Crippen LogP contribution in [0, 0.1) is 0 Å². The third-order valence-electron chi connectivity index (χ3n) is 2.98. The lowest BCUT2D eigenvalue weighted by Gasteiger charge is -2.38.